The minimum atomic E-state index is -3.48. The minimum Gasteiger partial charge on any atom is -0.396 e. The second-order valence-electron chi connectivity index (χ2n) is 12.5. The van der Waals surface area contributed by atoms with Crippen LogP contribution in [0.3, 0.4) is 0 Å². The van der Waals surface area contributed by atoms with Crippen LogP contribution >= 0.6 is 0 Å². The molecule has 0 unspecified atom stereocenters. The summed E-state index contributed by atoms with van der Waals surface area (Å²) >= 11 is 0. The molecule has 11 nitrogen and oxygen atoms in total. The maximum atomic E-state index is 12.6. The fraction of sp³-hybridized carbons (Fsp3) is 0.394. The number of nitrogens with zero attached hydrogens (tertiary/aromatic N) is 7. The summed E-state index contributed by atoms with van der Waals surface area (Å²) in [5.41, 5.74) is 4.36. The molecular formula is C33H38N8O3S. The predicted molar refractivity (Wildman–Crippen MR) is 175 cm³/mol. The first-order valence-electron chi connectivity index (χ1n) is 15.1. The molecule has 12 heteroatoms. The van der Waals surface area contributed by atoms with Crippen LogP contribution in [0.2, 0.25) is 0 Å². The number of aromatic nitrogens is 5. The number of benzene rings is 1. The summed E-state index contributed by atoms with van der Waals surface area (Å²) in [6.45, 7) is 4.75. The van der Waals surface area contributed by atoms with Crippen molar-refractivity contribution in [2.75, 3.05) is 44.0 Å². The van der Waals surface area contributed by atoms with E-state index in [1.807, 2.05) is 32.3 Å². The summed E-state index contributed by atoms with van der Waals surface area (Å²) in [5.74, 6) is 8.11. The van der Waals surface area contributed by atoms with E-state index >= 15 is 0 Å². The quantitative estimate of drug-likeness (QED) is 0.264. The molecule has 0 amide bonds. The lowest BCUT2D eigenvalue weighted by molar-refractivity contribution is 0.115. The molecule has 234 valence electrons. The molecule has 1 aliphatic heterocycles. The van der Waals surface area contributed by atoms with Crippen molar-refractivity contribution in [1.29, 1.82) is 0 Å². The Balaban J connectivity index is 1.25. The zero-order valence-corrected chi connectivity index (χ0v) is 26.6. The van der Waals surface area contributed by atoms with E-state index in [4.69, 9.17) is 0 Å². The van der Waals surface area contributed by atoms with Gasteiger partial charge in [-0.3, -0.25) is 0 Å². The number of aliphatic hydroxyl groups excluding tert-OH is 1. The van der Waals surface area contributed by atoms with Gasteiger partial charge in [0.05, 0.1) is 34.5 Å². The largest absolute Gasteiger partial charge is 0.396 e. The molecule has 1 aliphatic carbocycles. The summed E-state index contributed by atoms with van der Waals surface area (Å²) in [6, 6.07) is 12.0. The molecule has 4 aromatic rings. The Labute approximate surface area is 264 Å². The van der Waals surface area contributed by atoms with Crippen molar-refractivity contribution >= 4 is 27.3 Å². The molecule has 1 saturated carbocycles. The Morgan fingerprint density at radius 2 is 1.80 bits per heavy atom. The van der Waals surface area contributed by atoms with Crippen LogP contribution in [0.15, 0.2) is 61.2 Å². The van der Waals surface area contributed by atoms with Gasteiger partial charge >= 0.3 is 0 Å². The van der Waals surface area contributed by atoms with Crippen LogP contribution in [0, 0.1) is 17.3 Å². The lowest BCUT2D eigenvalue weighted by Crippen LogP contribution is -2.40. The van der Waals surface area contributed by atoms with Crippen LogP contribution in [0.25, 0.3) is 11.4 Å². The number of aliphatic hydroxyl groups is 1. The highest BCUT2D eigenvalue weighted by Gasteiger charge is 2.37. The van der Waals surface area contributed by atoms with Crippen LogP contribution < -0.4 is 10.2 Å². The van der Waals surface area contributed by atoms with E-state index < -0.39 is 10.0 Å². The first kappa shape index (κ1) is 30.7. The van der Waals surface area contributed by atoms with Crippen LogP contribution in [-0.2, 0) is 16.6 Å². The number of hydrogen-bond acceptors (Lipinski definition) is 10. The van der Waals surface area contributed by atoms with Crippen molar-refractivity contribution in [2.24, 2.45) is 5.41 Å². The van der Waals surface area contributed by atoms with Gasteiger partial charge in [0.2, 0.25) is 0 Å². The van der Waals surface area contributed by atoms with E-state index in [1.165, 1.54) is 18.0 Å². The van der Waals surface area contributed by atoms with E-state index in [2.05, 4.69) is 66.1 Å². The van der Waals surface area contributed by atoms with Gasteiger partial charge in [0.15, 0.2) is 5.82 Å². The summed E-state index contributed by atoms with van der Waals surface area (Å²) in [6.07, 6.45) is 9.38. The summed E-state index contributed by atoms with van der Waals surface area (Å²) < 4.78 is 26.2. The third kappa shape index (κ3) is 7.17. The molecular weight excluding hydrogens is 588 g/mol. The van der Waals surface area contributed by atoms with Crippen LogP contribution in [0.5, 0.6) is 0 Å². The Morgan fingerprint density at radius 3 is 2.49 bits per heavy atom. The molecule has 6 rings (SSSR count). The second kappa shape index (κ2) is 12.6. The smallest absolute Gasteiger partial charge is 0.256 e. The van der Waals surface area contributed by atoms with Crippen molar-refractivity contribution in [3.8, 4) is 23.2 Å². The molecule has 1 aromatic carbocycles. The first-order chi connectivity index (χ1) is 21.6. The van der Waals surface area contributed by atoms with Gasteiger partial charge < -0.3 is 20.2 Å². The van der Waals surface area contributed by atoms with E-state index in [-0.39, 0.29) is 17.3 Å². The van der Waals surface area contributed by atoms with Gasteiger partial charge in [-0.1, -0.05) is 30.9 Å². The lowest BCUT2D eigenvalue weighted by atomic mass is 9.81. The van der Waals surface area contributed by atoms with Crippen LogP contribution in [-0.4, -0.2) is 81.6 Å². The van der Waals surface area contributed by atoms with Crippen molar-refractivity contribution in [3.05, 3.63) is 77.9 Å². The highest BCUT2D eigenvalue weighted by molar-refractivity contribution is 7.90. The average molecular weight is 627 g/mol. The van der Waals surface area contributed by atoms with Gasteiger partial charge in [-0.15, -0.1) is 0 Å². The molecule has 2 aliphatic rings. The summed E-state index contributed by atoms with van der Waals surface area (Å²) in [7, 11) is 0.623. The normalized spacial score (nSPS) is 16.3. The monoisotopic (exact) mass is 626 g/mol. The van der Waals surface area contributed by atoms with Crippen molar-refractivity contribution < 1.29 is 13.5 Å². The molecule has 0 spiro atoms. The van der Waals surface area contributed by atoms with Gasteiger partial charge in [0, 0.05) is 50.3 Å². The van der Waals surface area contributed by atoms with Gasteiger partial charge in [-0.2, -0.15) is 9.19 Å². The zero-order valence-electron chi connectivity index (χ0n) is 25.8. The number of nitrogens with one attached hydrogen (secondary N) is 1. The van der Waals surface area contributed by atoms with Gasteiger partial charge in [0.25, 0.3) is 10.0 Å². The van der Waals surface area contributed by atoms with Crippen molar-refractivity contribution in [3.63, 3.8) is 0 Å². The zero-order chi connectivity index (χ0) is 31.6. The van der Waals surface area contributed by atoms with E-state index in [0.29, 0.717) is 35.9 Å². The fourth-order valence-electron chi connectivity index (χ4n) is 5.29. The molecule has 0 radical (unpaired) electrons. The van der Waals surface area contributed by atoms with Crippen molar-refractivity contribution in [1.82, 2.24) is 29.0 Å². The maximum Gasteiger partial charge on any atom is 0.256 e. The number of pyridine rings is 1. The Bertz CT molecular complexity index is 1830. The number of anilines is 3. The van der Waals surface area contributed by atoms with E-state index in [1.54, 1.807) is 18.5 Å². The molecule has 45 heavy (non-hydrogen) atoms. The van der Waals surface area contributed by atoms with Crippen LogP contribution in [0.1, 0.15) is 49.3 Å². The molecule has 3 aromatic heterocycles. The molecule has 4 heterocycles. The van der Waals surface area contributed by atoms with Gasteiger partial charge in [-0.25, -0.2) is 23.4 Å². The third-order valence-corrected chi connectivity index (χ3v) is 10.3. The number of hydrogen-bond donors (Lipinski definition) is 2. The Kier molecular flexibility index (Phi) is 8.59. The number of piperidine rings is 1. The highest BCUT2D eigenvalue weighted by Crippen LogP contribution is 2.35. The standard InChI is InChI=1S/C33H38N8O3S/c1-33(23-42)13-16-40(17-14-33)29-18-31(35-19-26(29)9-8-24-4-6-25(7-5-24)21-39(2)3)37-30-12-15-34-32(38-30)27-20-36-41(22-27)45(43,44)28-10-11-28/h4-7,12,15,18-20,22,28,42H,10-11,13-14,16-17,21,23H2,1-3H3,(H,34,35,37,38). The van der Waals surface area contributed by atoms with E-state index in [0.717, 1.165) is 53.4 Å². The molecule has 2 N–H and O–H groups in total. The van der Waals surface area contributed by atoms with Gasteiger partial charge in [0.1, 0.15) is 11.6 Å². The SMILES string of the molecule is CN(C)Cc1ccc(C#Cc2cnc(Nc3ccnc(-c4cnn(S(=O)(=O)C5CC5)c4)n3)cc2N2CCC(C)(CO)CC2)cc1. The van der Waals surface area contributed by atoms with Crippen LogP contribution in [0.4, 0.5) is 17.3 Å². The Hall–Kier alpha value is -4.31. The first-order valence-corrected chi connectivity index (χ1v) is 16.6. The molecule has 2 fully saturated rings. The molecule has 0 bridgehead atoms. The molecule has 1 saturated heterocycles. The Morgan fingerprint density at radius 1 is 1.04 bits per heavy atom. The summed E-state index contributed by atoms with van der Waals surface area (Å²) in [4.78, 5) is 18.0. The predicted octanol–water partition coefficient (Wildman–Crippen LogP) is 3.88. The van der Waals surface area contributed by atoms with E-state index in [9.17, 15) is 13.5 Å². The van der Waals surface area contributed by atoms with Crippen molar-refractivity contribution in [2.45, 2.75) is 44.4 Å². The van der Waals surface area contributed by atoms with Gasteiger partial charge in [-0.05, 0) is 69.0 Å². The third-order valence-electron chi connectivity index (χ3n) is 8.31. The highest BCUT2D eigenvalue weighted by atomic mass is 32.2. The topological polar surface area (TPSA) is 129 Å². The maximum absolute atomic E-state index is 12.6. The summed E-state index contributed by atoms with van der Waals surface area (Å²) in [5, 5.41) is 16.9. The average Bonchev–Trinajstić information content (AvgIpc) is 3.78. The minimum absolute atomic E-state index is 0.0894. The lowest BCUT2D eigenvalue weighted by Gasteiger charge is -2.39. The second-order valence-corrected chi connectivity index (χ2v) is 14.5. The number of rotatable bonds is 9. The fourth-order valence-corrected chi connectivity index (χ4v) is 6.77. The molecule has 0 atom stereocenters.